The first-order valence-electron chi connectivity index (χ1n) is 14.4. The van der Waals surface area contributed by atoms with Gasteiger partial charge in [0.05, 0.1) is 64.4 Å². The minimum absolute atomic E-state index is 0.134. The summed E-state index contributed by atoms with van der Waals surface area (Å²) in [6.45, 7) is 1.69. The van der Waals surface area contributed by atoms with Crippen molar-refractivity contribution < 1.29 is 13.2 Å². The van der Waals surface area contributed by atoms with Crippen LogP contribution in [-0.2, 0) is 17.1 Å². The average molecular weight is 661 g/mol. The fourth-order valence-corrected chi connectivity index (χ4v) is 5.52. The van der Waals surface area contributed by atoms with Gasteiger partial charge in [0, 0.05) is 30.6 Å². The van der Waals surface area contributed by atoms with Crippen molar-refractivity contribution in [1.82, 2.24) is 39.6 Å². The highest BCUT2D eigenvalue weighted by atomic mass is 32.2. The van der Waals surface area contributed by atoms with Crippen molar-refractivity contribution in [2.75, 3.05) is 16.7 Å². The summed E-state index contributed by atoms with van der Waals surface area (Å²) in [7, 11) is -1.76. The standard InChI is InChI=1S/C33H28N10O4S/c1-20(38-32(44)29-30(34)36-18-27(39-29)23-14-24(17-35-16-23)41-48(3,46)47)31-40-26-11-7-8-22(13-12-21-15-37-42(2)19-21)28(26)33(45)43(31)25-9-5-4-6-10-25/h4-11,14-20,41H,1-3H3,(H2,34,36)(H,38,44)/t20-/m0/s1. The number of aromatic nitrogens is 7. The monoisotopic (exact) mass is 660 g/mol. The zero-order valence-electron chi connectivity index (χ0n) is 25.9. The minimum Gasteiger partial charge on any atom is -0.382 e. The van der Waals surface area contributed by atoms with Crippen LogP contribution in [0.3, 0.4) is 0 Å². The van der Waals surface area contributed by atoms with E-state index in [9.17, 15) is 18.0 Å². The summed E-state index contributed by atoms with van der Waals surface area (Å²) in [4.78, 5) is 45.3. The minimum atomic E-state index is -3.55. The molecule has 4 N–H and O–H groups in total. The lowest BCUT2D eigenvalue weighted by molar-refractivity contribution is 0.0933. The molecule has 1 atom stereocenters. The van der Waals surface area contributed by atoms with E-state index in [1.165, 1.54) is 29.2 Å². The van der Waals surface area contributed by atoms with Gasteiger partial charge in [-0.3, -0.25) is 28.5 Å². The quantitative estimate of drug-likeness (QED) is 0.215. The van der Waals surface area contributed by atoms with Crippen molar-refractivity contribution in [3.8, 4) is 28.8 Å². The molecule has 14 nitrogen and oxygen atoms in total. The third kappa shape index (κ3) is 6.73. The molecule has 15 heteroatoms. The second-order valence-corrected chi connectivity index (χ2v) is 12.6. The van der Waals surface area contributed by atoms with E-state index in [-0.39, 0.29) is 34.3 Å². The van der Waals surface area contributed by atoms with E-state index in [0.29, 0.717) is 33.3 Å². The van der Waals surface area contributed by atoms with Gasteiger partial charge in [0.25, 0.3) is 11.5 Å². The number of hydrogen-bond donors (Lipinski definition) is 3. The van der Waals surface area contributed by atoms with Gasteiger partial charge in [-0.1, -0.05) is 36.1 Å². The number of sulfonamides is 1. The Morgan fingerprint density at radius 1 is 1.00 bits per heavy atom. The summed E-state index contributed by atoms with van der Waals surface area (Å²) in [5.74, 6) is 5.59. The van der Waals surface area contributed by atoms with E-state index in [0.717, 1.165) is 6.26 Å². The van der Waals surface area contributed by atoms with Crippen LogP contribution in [0.25, 0.3) is 27.8 Å². The largest absolute Gasteiger partial charge is 0.382 e. The van der Waals surface area contributed by atoms with Gasteiger partial charge in [-0.05, 0) is 37.3 Å². The Balaban J connectivity index is 1.38. The van der Waals surface area contributed by atoms with Crippen LogP contribution in [0.1, 0.15) is 40.4 Å². The average Bonchev–Trinajstić information content (AvgIpc) is 3.48. The number of para-hydroxylation sites is 1. The van der Waals surface area contributed by atoms with Crippen molar-refractivity contribution >= 4 is 38.3 Å². The maximum Gasteiger partial charge on any atom is 0.274 e. The number of fused-ring (bicyclic) bond motifs is 1. The Labute approximate surface area is 274 Å². The van der Waals surface area contributed by atoms with Crippen molar-refractivity contribution in [2.45, 2.75) is 13.0 Å². The lowest BCUT2D eigenvalue weighted by atomic mass is 10.1. The number of amides is 1. The van der Waals surface area contributed by atoms with Crippen molar-refractivity contribution in [2.24, 2.45) is 7.05 Å². The van der Waals surface area contributed by atoms with E-state index in [4.69, 9.17) is 10.7 Å². The normalized spacial score (nSPS) is 11.8. The van der Waals surface area contributed by atoms with Crippen LogP contribution in [0.5, 0.6) is 0 Å². The molecular weight excluding hydrogens is 632 g/mol. The van der Waals surface area contributed by atoms with Gasteiger partial charge in [-0.2, -0.15) is 5.10 Å². The predicted octanol–water partition coefficient (Wildman–Crippen LogP) is 2.82. The van der Waals surface area contributed by atoms with Crippen LogP contribution in [0, 0.1) is 11.8 Å². The first-order chi connectivity index (χ1) is 23.0. The zero-order chi connectivity index (χ0) is 34.0. The van der Waals surface area contributed by atoms with Gasteiger partial charge in [-0.15, -0.1) is 0 Å². The summed E-state index contributed by atoms with van der Waals surface area (Å²) in [5, 5.41) is 7.31. The number of nitrogens with one attached hydrogen (secondary N) is 2. The number of hydrogen-bond acceptors (Lipinski definition) is 10. The van der Waals surface area contributed by atoms with Gasteiger partial charge in [-0.25, -0.2) is 23.4 Å². The zero-order valence-corrected chi connectivity index (χ0v) is 26.7. The molecule has 0 aliphatic carbocycles. The molecule has 0 fully saturated rings. The third-order valence-electron chi connectivity index (χ3n) is 7.07. The molecule has 0 spiro atoms. The Kier molecular flexibility index (Phi) is 8.40. The van der Waals surface area contributed by atoms with Crippen molar-refractivity contribution in [3.05, 3.63) is 119 Å². The molecule has 4 heterocycles. The SMILES string of the molecule is C[C@H](NC(=O)c1nc(-c2cncc(NS(C)(=O)=O)c2)cnc1N)c1nc2cccc(C#Cc3cnn(C)c3)c2c(=O)n1-c1ccccc1. The number of carbonyl (C=O) groups excluding carboxylic acids is 1. The highest BCUT2D eigenvalue weighted by Gasteiger charge is 2.23. The maximum absolute atomic E-state index is 14.3. The lowest BCUT2D eigenvalue weighted by Crippen LogP contribution is -2.34. The Morgan fingerprint density at radius 2 is 1.79 bits per heavy atom. The summed E-state index contributed by atoms with van der Waals surface area (Å²) in [5.41, 5.74) is 8.50. The number of carbonyl (C=O) groups is 1. The summed E-state index contributed by atoms with van der Waals surface area (Å²) < 4.78 is 28.8. The second kappa shape index (κ2) is 12.8. The number of rotatable bonds is 7. The molecule has 2 aromatic carbocycles. The van der Waals surface area contributed by atoms with Gasteiger partial charge in [0.1, 0.15) is 5.82 Å². The summed E-state index contributed by atoms with van der Waals surface area (Å²) >= 11 is 0. The Hall–Kier alpha value is -6.40. The number of aryl methyl sites for hydroxylation is 1. The first kappa shape index (κ1) is 31.6. The third-order valence-corrected chi connectivity index (χ3v) is 7.68. The molecule has 0 unspecified atom stereocenters. The number of nitrogen functional groups attached to an aromatic ring is 1. The molecule has 6 rings (SSSR count). The molecule has 0 saturated heterocycles. The number of nitrogens with two attached hydrogens (primary N) is 1. The van der Waals surface area contributed by atoms with Crippen LogP contribution >= 0.6 is 0 Å². The van der Waals surface area contributed by atoms with Crippen LogP contribution in [0.2, 0.25) is 0 Å². The van der Waals surface area contributed by atoms with Crippen LogP contribution in [0.15, 0.2) is 90.4 Å². The first-order valence-corrected chi connectivity index (χ1v) is 16.3. The smallest absolute Gasteiger partial charge is 0.274 e. The number of benzene rings is 2. The fraction of sp³-hybridized carbons (Fsp3) is 0.121. The van der Waals surface area contributed by atoms with Crippen LogP contribution in [0.4, 0.5) is 11.5 Å². The lowest BCUT2D eigenvalue weighted by Gasteiger charge is -2.20. The molecule has 0 radical (unpaired) electrons. The number of nitrogens with zero attached hydrogens (tertiary/aromatic N) is 7. The van der Waals surface area contributed by atoms with Crippen LogP contribution in [-0.4, -0.2) is 54.9 Å². The van der Waals surface area contributed by atoms with E-state index in [1.54, 1.807) is 73.5 Å². The topological polar surface area (TPSA) is 193 Å². The van der Waals surface area contributed by atoms with E-state index in [2.05, 4.69) is 41.9 Å². The molecule has 0 bridgehead atoms. The summed E-state index contributed by atoms with van der Waals surface area (Å²) in [6.07, 6.45) is 8.57. The van der Waals surface area contributed by atoms with Crippen molar-refractivity contribution in [3.63, 3.8) is 0 Å². The highest BCUT2D eigenvalue weighted by molar-refractivity contribution is 7.92. The van der Waals surface area contributed by atoms with E-state index >= 15 is 0 Å². The van der Waals surface area contributed by atoms with E-state index < -0.39 is 22.0 Å². The molecule has 0 aliphatic heterocycles. The van der Waals surface area contributed by atoms with Gasteiger partial charge in [0.2, 0.25) is 10.0 Å². The van der Waals surface area contributed by atoms with Crippen molar-refractivity contribution in [1.29, 1.82) is 0 Å². The highest BCUT2D eigenvalue weighted by Crippen LogP contribution is 2.23. The van der Waals surface area contributed by atoms with Crippen LogP contribution < -0.4 is 21.3 Å². The molecule has 1 amide bonds. The molecule has 240 valence electrons. The maximum atomic E-state index is 14.3. The van der Waals surface area contributed by atoms with Gasteiger partial charge in [0.15, 0.2) is 11.5 Å². The molecule has 4 aromatic heterocycles. The second-order valence-electron chi connectivity index (χ2n) is 10.8. The van der Waals surface area contributed by atoms with E-state index in [1.807, 2.05) is 6.07 Å². The Morgan fingerprint density at radius 3 is 2.52 bits per heavy atom. The molecule has 6 aromatic rings. The number of anilines is 2. The molecule has 48 heavy (non-hydrogen) atoms. The number of pyridine rings is 1. The molecule has 0 aliphatic rings. The molecular formula is C33H28N10O4S. The van der Waals surface area contributed by atoms with Gasteiger partial charge < -0.3 is 11.1 Å². The summed E-state index contributed by atoms with van der Waals surface area (Å²) in [6, 6.07) is 14.9. The Bertz CT molecular complexity index is 2430. The fourth-order valence-electron chi connectivity index (χ4n) is 4.98. The predicted molar refractivity (Wildman–Crippen MR) is 181 cm³/mol. The molecule has 0 saturated carbocycles. The van der Waals surface area contributed by atoms with Gasteiger partial charge >= 0.3 is 0 Å².